The van der Waals surface area contributed by atoms with Gasteiger partial charge in [0.15, 0.2) is 11.2 Å². The number of benzene rings is 2. The quantitative estimate of drug-likeness (QED) is 0.495. The summed E-state index contributed by atoms with van der Waals surface area (Å²) >= 11 is 12.4. The Bertz CT molecular complexity index is 1350. The molecule has 0 aliphatic rings. The van der Waals surface area contributed by atoms with Crippen molar-refractivity contribution in [3.05, 3.63) is 85.0 Å². The van der Waals surface area contributed by atoms with Gasteiger partial charge in [-0.05, 0) is 23.8 Å². The molecule has 2 aromatic carbocycles. The van der Waals surface area contributed by atoms with Gasteiger partial charge in [-0.25, -0.2) is 4.79 Å². The van der Waals surface area contributed by atoms with E-state index in [0.717, 1.165) is 4.57 Å². The highest BCUT2D eigenvalue weighted by atomic mass is 35.5. The Morgan fingerprint density at radius 3 is 2.28 bits per heavy atom. The molecule has 0 saturated carbocycles. The fourth-order valence-electron chi connectivity index (χ4n) is 3.08. The lowest BCUT2D eigenvalue weighted by Crippen LogP contribution is -2.39. The summed E-state index contributed by atoms with van der Waals surface area (Å²) in [5, 5.41) is 0.888. The summed E-state index contributed by atoms with van der Waals surface area (Å²) in [6.07, 6.45) is 0. The van der Waals surface area contributed by atoms with Crippen LogP contribution in [0.1, 0.15) is 5.56 Å². The number of fused-ring (bicyclic) bond motifs is 1. The highest BCUT2D eigenvalue weighted by Gasteiger charge is 2.20. The Hall–Kier alpha value is -3.03. The minimum Gasteiger partial charge on any atom is -0.424 e. The SMILES string of the molecule is Cn1c(Oc2ccccc2Cl)nc2c1c(=O)n(Cc1ccccc1Cl)c(=O)n2C. The van der Waals surface area contributed by atoms with Crippen molar-refractivity contribution in [3.63, 3.8) is 0 Å². The number of halogens is 2. The van der Waals surface area contributed by atoms with Crippen LogP contribution in [0.25, 0.3) is 11.2 Å². The molecule has 0 bridgehead atoms. The van der Waals surface area contributed by atoms with E-state index in [9.17, 15) is 9.59 Å². The van der Waals surface area contributed by atoms with Gasteiger partial charge in [0, 0.05) is 19.1 Å². The monoisotopic (exact) mass is 430 g/mol. The third-order valence-electron chi connectivity index (χ3n) is 4.64. The van der Waals surface area contributed by atoms with Crippen LogP contribution < -0.4 is 16.0 Å². The largest absolute Gasteiger partial charge is 0.424 e. The Labute approximate surface area is 175 Å². The molecule has 0 aliphatic heterocycles. The van der Waals surface area contributed by atoms with Crippen LogP contribution in [-0.4, -0.2) is 18.7 Å². The fourth-order valence-corrected chi connectivity index (χ4v) is 3.45. The van der Waals surface area contributed by atoms with E-state index in [4.69, 9.17) is 27.9 Å². The van der Waals surface area contributed by atoms with Crippen LogP contribution in [0.3, 0.4) is 0 Å². The molecule has 0 amide bonds. The third-order valence-corrected chi connectivity index (χ3v) is 5.32. The van der Waals surface area contributed by atoms with Crippen LogP contribution in [0.15, 0.2) is 58.1 Å². The molecule has 7 nitrogen and oxygen atoms in total. The first-order chi connectivity index (χ1) is 13.9. The van der Waals surface area contributed by atoms with Crippen molar-refractivity contribution in [2.45, 2.75) is 6.54 Å². The number of aromatic nitrogens is 4. The van der Waals surface area contributed by atoms with E-state index in [1.54, 1.807) is 62.6 Å². The number of ether oxygens (including phenoxy) is 1. The van der Waals surface area contributed by atoms with Crippen molar-refractivity contribution in [1.29, 1.82) is 0 Å². The number of nitrogens with zero attached hydrogens (tertiary/aromatic N) is 4. The first-order valence-corrected chi connectivity index (χ1v) is 9.46. The molecule has 0 aliphatic carbocycles. The summed E-state index contributed by atoms with van der Waals surface area (Å²) in [6, 6.07) is 14.2. The van der Waals surface area contributed by atoms with Crippen molar-refractivity contribution in [2.75, 3.05) is 0 Å². The second-order valence-electron chi connectivity index (χ2n) is 6.48. The number of hydrogen-bond acceptors (Lipinski definition) is 4. The molecule has 29 heavy (non-hydrogen) atoms. The molecular formula is C20H16Cl2N4O3. The molecule has 4 rings (SSSR count). The summed E-state index contributed by atoms with van der Waals surface area (Å²) in [6.45, 7) is 0.0486. The Morgan fingerprint density at radius 1 is 0.931 bits per heavy atom. The van der Waals surface area contributed by atoms with E-state index in [1.165, 1.54) is 9.13 Å². The van der Waals surface area contributed by atoms with E-state index in [2.05, 4.69) is 4.98 Å². The van der Waals surface area contributed by atoms with Gasteiger partial charge in [0.25, 0.3) is 5.56 Å². The lowest BCUT2D eigenvalue weighted by Gasteiger charge is -2.09. The standard InChI is InChI=1S/C20H16Cl2N4O3/c1-24-16-17(23-19(24)29-15-10-6-5-9-14(15)22)25(2)20(28)26(18(16)27)11-12-7-3-4-8-13(12)21/h3-10H,11H2,1-2H3. The van der Waals surface area contributed by atoms with Crippen LogP contribution in [0, 0.1) is 0 Å². The first kappa shape index (κ1) is 19.3. The predicted molar refractivity (Wildman–Crippen MR) is 112 cm³/mol. The maximum Gasteiger partial charge on any atom is 0.332 e. The van der Waals surface area contributed by atoms with Crippen molar-refractivity contribution < 1.29 is 4.74 Å². The molecule has 0 atom stereocenters. The van der Waals surface area contributed by atoms with Crippen molar-refractivity contribution in [3.8, 4) is 11.8 Å². The Balaban J connectivity index is 1.88. The molecule has 4 aromatic rings. The van der Waals surface area contributed by atoms with Crippen molar-refractivity contribution in [2.24, 2.45) is 14.1 Å². The molecule has 2 heterocycles. The van der Waals surface area contributed by atoms with Crippen LogP contribution >= 0.6 is 23.2 Å². The van der Waals surface area contributed by atoms with Crippen molar-refractivity contribution >= 4 is 34.4 Å². The normalized spacial score (nSPS) is 11.2. The minimum absolute atomic E-state index is 0.0486. The van der Waals surface area contributed by atoms with Gasteiger partial charge in [-0.15, -0.1) is 0 Å². The molecule has 0 saturated heterocycles. The highest BCUT2D eigenvalue weighted by Crippen LogP contribution is 2.29. The van der Waals surface area contributed by atoms with Gasteiger partial charge in [0.05, 0.1) is 11.6 Å². The average Bonchev–Trinajstić information content (AvgIpc) is 3.03. The zero-order valence-corrected chi connectivity index (χ0v) is 17.1. The van der Waals surface area contributed by atoms with Crippen LogP contribution in [0.2, 0.25) is 10.0 Å². The van der Waals surface area contributed by atoms with E-state index < -0.39 is 11.2 Å². The topological polar surface area (TPSA) is 71.1 Å². The van der Waals surface area contributed by atoms with Gasteiger partial charge in [-0.2, -0.15) is 4.98 Å². The first-order valence-electron chi connectivity index (χ1n) is 8.70. The predicted octanol–water partition coefficient (Wildman–Crippen LogP) is 3.58. The molecule has 9 heteroatoms. The smallest absolute Gasteiger partial charge is 0.332 e. The zero-order chi connectivity index (χ0) is 20.7. The summed E-state index contributed by atoms with van der Waals surface area (Å²) in [7, 11) is 3.20. The molecule has 0 fully saturated rings. The molecule has 0 N–H and O–H groups in total. The van der Waals surface area contributed by atoms with Gasteiger partial charge in [-0.1, -0.05) is 53.5 Å². The maximum atomic E-state index is 13.1. The van der Waals surface area contributed by atoms with Crippen molar-refractivity contribution in [1.82, 2.24) is 18.7 Å². The summed E-state index contributed by atoms with van der Waals surface area (Å²) in [4.78, 5) is 30.3. The van der Waals surface area contributed by atoms with Gasteiger partial charge in [0.1, 0.15) is 5.75 Å². The van der Waals surface area contributed by atoms with Gasteiger partial charge >= 0.3 is 11.7 Å². The molecular weight excluding hydrogens is 415 g/mol. The zero-order valence-electron chi connectivity index (χ0n) is 15.6. The second kappa shape index (κ2) is 7.42. The number of aryl methyl sites for hydroxylation is 2. The van der Waals surface area contributed by atoms with Gasteiger partial charge < -0.3 is 4.74 Å². The average molecular weight is 431 g/mol. The minimum atomic E-state index is -0.496. The summed E-state index contributed by atoms with van der Waals surface area (Å²) in [5.41, 5.74) is 0.153. The summed E-state index contributed by atoms with van der Waals surface area (Å²) in [5.74, 6) is 0.397. The van der Waals surface area contributed by atoms with Crippen LogP contribution in [-0.2, 0) is 20.6 Å². The maximum absolute atomic E-state index is 13.1. The molecule has 0 unspecified atom stereocenters. The third kappa shape index (κ3) is 3.32. The number of imidazole rings is 1. The molecule has 148 valence electrons. The Kier molecular flexibility index (Phi) is 4.94. The summed E-state index contributed by atoms with van der Waals surface area (Å²) < 4.78 is 9.73. The second-order valence-corrected chi connectivity index (χ2v) is 7.30. The molecule has 0 spiro atoms. The number of rotatable bonds is 4. The molecule has 0 radical (unpaired) electrons. The van der Waals surface area contributed by atoms with E-state index >= 15 is 0 Å². The number of hydrogen-bond donors (Lipinski definition) is 0. The number of para-hydroxylation sites is 1. The highest BCUT2D eigenvalue weighted by molar-refractivity contribution is 6.32. The molecule has 2 aromatic heterocycles. The van der Waals surface area contributed by atoms with E-state index in [1.807, 2.05) is 0 Å². The van der Waals surface area contributed by atoms with Crippen LogP contribution in [0.5, 0.6) is 11.8 Å². The van der Waals surface area contributed by atoms with Gasteiger partial charge in [0.2, 0.25) is 0 Å². The lowest BCUT2D eigenvalue weighted by molar-refractivity contribution is 0.427. The lowest BCUT2D eigenvalue weighted by atomic mass is 10.2. The van der Waals surface area contributed by atoms with E-state index in [0.29, 0.717) is 21.4 Å². The van der Waals surface area contributed by atoms with Gasteiger partial charge in [-0.3, -0.25) is 18.5 Å². The Morgan fingerprint density at radius 2 is 1.59 bits per heavy atom. The van der Waals surface area contributed by atoms with E-state index in [-0.39, 0.29) is 23.7 Å². The van der Waals surface area contributed by atoms with Crippen LogP contribution in [0.4, 0.5) is 0 Å². The fraction of sp³-hybridized carbons (Fsp3) is 0.150.